The third kappa shape index (κ3) is 3.15. The number of fused-ring (bicyclic) bond motifs is 5. The standard InChI is InChI=1S/C26H42O4/c1-16-12-19(30-23-6-4-5-11-29-23)14-18-7-8-20-21(26(16,18)3)9-10-25(2)22(28)13-17(15-27)24(20)25/h15-24,28H,4-14H2,1-3H3/t16?,17?,18?,19?,20-,21-,22?,23?,24+,25-,26+/m1/s1. The fourth-order valence-electron chi connectivity index (χ4n) is 9.10. The zero-order valence-electron chi connectivity index (χ0n) is 19.2. The molecule has 0 radical (unpaired) electrons. The number of carbonyl (C=O) groups excluding carboxylic acids is 1. The number of hydrogen-bond acceptors (Lipinski definition) is 4. The number of hydrogen-bond donors (Lipinski definition) is 1. The molecule has 4 nitrogen and oxygen atoms in total. The van der Waals surface area contributed by atoms with Gasteiger partial charge in [0, 0.05) is 12.5 Å². The summed E-state index contributed by atoms with van der Waals surface area (Å²) in [6.07, 6.45) is 12.4. The smallest absolute Gasteiger partial charge is 0.157 e. The Hall–Kier alpha value is -0.450. The normalized spacial score (nSPS) is 55.9. The summed E-state index contributed by atoms with van der Waals surface area (Å²) in [5.41, 5.74) is 0.274. The van der Waals surface area contributed by atoms with Crippen LogP contribution in [-0.4, -0.2) is 36.5 Å². The Morgan fingerprint density at radius 3 is 2.63 bits per heavy atom. The van der Waals surface area contributed by atoms with Gasteiger partial charge in [0.25, 0.3) is 0 Å². The van der Waals surface area contributed by atoms with Crippen LogP contribution in [0, 0.1) is 46.3 Å². The molecule has 11 atom stereocenters. The van der Waals surface area contributed by atoms with Crippen molar-refractivity contribution in [3.05, 3.63) is 0 Å². The van der Waals surface area contributed by atoms with Gasteiger partial charge in [-0.05, 0) is 105 Å². The van der Waals surface area contributed by atoms with Gasteiger partial charge < -0.3 is 19.4 Å². The lowest BCUT2D eigenvalue weighted by atomic mass is 9.42. The van der Waals surface area contributed by atoms with Crippen molar-refractivity contribution in [2.45, 2.75) is 103 Å². The number of carbonyl (C=O) groups is 1. The summed E-state index contributed by atoms with van der Waals surface area (Å²) in [6, 6.07) is 0. The van der Waals surface area contributed by atoms with Gasteiger partial charge in [-0.2, -0.15) is 0 Å². The predicted octanol–water partition coefficient (Wildman–Crippen LogP) is 4.97. The van der Waals surface area contributed by atoms with Crippen LogP contribution in [-0.2, 0) is 14.3 Å². The third-order valence-corrected chi connectivity index (χ3v) is 10.9. The minimum absolute atomic E-state index is 0.0142. The maximum absolute atomic E-state index is 11.9. The molecule has 170 valence electrons. The van der Waals surface area contributed by atoms with Gasteiger partial charge in [0.2, 0.25) is 0 Å². The summed E-state index contributed by atoms with van der Waals surface area (Å²) in [5, 5.41) is 10.8. The van der Waals surface area contributed by atoms with E-state index in [1.807, 2.05) is 0 Å². The molecule has 5 aliphatic rings. The molecule has 0 amide bonds. The molecule has 5 fully saturated rings. The van der Waals surface area contributed by atoms with Crippen LogP contribution < -0.4 is 0 Å². The second kappa shape index (κ2) is 7.85. The average molecular weight is 419 g/mol. The first-order chi connectivity index (χ1) is 14.4. The molecular formula is C26H42O4. The second-order valence-corrected chi connectivity index (χ2v) is 12.0. The van der Waals surface area contributed by atoms with Crippen LogP contribution in [0.15, 0.2) is 0 Å². The van der Waals surface area contributed by atoms with E-state index >= 15 is 0 Å². The lowest BCUT2D eigenvalue weighted by molar-refractivity contribution is -0.223. The summed E-state index contributed by atoms with van der Waals surface area (Å²) >= 11 is 0. The summed E-state index contributed by atoms with van der Waals surface area (Å²) in [6.45, 7) is 8.15. The van der Waals surface area contributed by atoms with Gasteiger partial charge in [-0.3, -0.25) is 0 Å². The van der Waals surface area contributed by atoms with E-state index in [2.05, 4.69) is 20.8 Å². The topological polar surface area (TPSA) is 55.8 Å². The van der Waals surface area contributed by atoms with Gasteiger partial charge in [-0.25, -0.2) is 0 Å². The highest BCUT2D eigenvalue weighted by Crippen LogP contribution is 2.68. The molecule has 0 aromatic carbocycles. The first-order valence-electron chi connectivity index (χ1n) is 12.8. The highest BCUT2D eigenvalue weighted by atomic mass is 16.7. The molecule has 30 heavy (non-hydrogen) atoms. The van der Waals surface area contributed by atoms with E-state index in [1.165, 1.54) is 44.8 Å². The fraction of sp³-hybridized carbons (Fsp3) is 0.962. The van der Waals surface area contributed by atoms with E-state index in [4.69, 9.17) is 9.47 Å². The van der Waals surface area contributed by atoms with Crippen molar-refractivity contribution in [1.82, 2.24) is 0 Å². The molecule has 1 heterocycles. The molecule has 1 N–H and O–H groups in total. The average Bonchev–Trinajstić information content (AvgIpc) is 3.00. The Kier molecular flexibility index (Phi) is 5.60. The maximum Gasteiger partial charge on any atom is 0.157 e. The van der Waals surface area contributed by atoms with Crippen LogP contribution in [0.1, 0.15) is 85.0 Å². The zero-order chi connectivity index (χ0) is 21.1. The molecular weight excluding hydrogens is 376 g/mol. The van der Waals surface area contributed by atoms with Crippen LogP contribution in [0.3, 0.4) is 0 Å². The van der Waals surface area contributed by atoms with Gasteiger partial charge in [0.05, 0.1) is 12.2 Å². The van der Waals surface area contributed by atoms with Crippen molar-refractivity contribution in [2.75, 3.05) is 6.61 Å². The van der Waals surface area contributed by atoms with Gasteiger partial charge >= 0.3 is 0 Å². The van der Waals surface area contributed by atoms with Crippen molar-refractivity contribution in [2.24, 2.45) is 46.3 Å². The molecule has 0 aromatic rings. The van der Waals surface area contributed by atoms with Gasteiger partial charge in [0.15, 0.2) is 6.29 Å². The first-order valence-corrected chi connectivity index (χ1v) is 12.8. The highest BCUT2D eigenvalue weighted by Gasteiger charge is 2.64. The van der Waals surface area contributed by atoms with E-state index in [0.29, 0.717) is 47.5 Å². The molecule has 0 spiro atoms. The fourth-order valence-corrected chi connectivity index (χ4v) is 9.10. The third-order valence-electron chi connectivity index (χ3n) is 10.9. The second-order valence-electron chi connectivity index (χ2n) is 12.0. The van der Waals surface area contributed by atoms with E-state index in [1.54, 1.807) is 0 Å². The molecule has 6 unspecified atom stereocenters. The maximum atomic E-state index is 11.9. The molecule has 4 heteroatoms. The van der Waals surface area contributed by atoms with Crippen molar-refractivity contribution in [3.63, 3.8) is 0 Å². The molecule has 5 rings (SSSR count). The van der Waals surface area contributed by atoms with Crippen molar-refractivity contribution in [1.29, 1.82) is 0 Å². The van der Waals surface area contributed by atoms with Crippen LogP contribution >= 0.6 is 0 Å². The van der Waals surface area contributed by atoms with E-state index in [9.17, 15) is 9.90 Å². The highest BCUT2D eigenvalue weighted by molar-refractivity contribution is 5.56. The first kappa shape index (κ1) is 21.4. The number of aliphatic hydroxyl groups excluding tert-OH is 1. The minimum Gasteiger partial charge on any atom is -0.393 e. The lowest BCUT2D eigenvalue weighted by Crippen LogP contribution is -2.58. The Bertz CT molecular complexity index is 645. The van der Waals surface area contributed by atoms with Crippen LogP contribution in [0.5, 0.6) is 0 Å². The molecule has 4 saturated carbocycles. The van der Waals surface area contributed by atoms with Crippen LogP contribution in [0.25, 0.3) is 0 Å². The van der Waals surface area contributed by atoms with E-state index in [0.717, 1.165) is 25.9 Å². The summed E-state index contributed by atoms with van der Waals surface area (Å²) in [5.74, 6) is 3.04. The summed E-state index contributed by atoms with van der Waals surface area (Å²) in [4.78, 5) is 11.9. The molecule has 1 aliphatic heterocycles. The van der Waals surface area contributed by atoms with Gasteiger partial charge in [0.1, 0.15) is 6.29 Å². The zero-order valence-corrected chi connectivity index (χ0v) is 19.2. The van der Waals surface area contributed by atoms with Crippen molar-refractivity contribution in [3.8, 4) is 0 Å². The van der Waals surface area contributed by atoms with Gasteiger partial charge in [-0.1, -0.05) is 20.8 Å². The predicted molar refractivity (Wildman–Crippen MR) is 116 cm³/mol. The SMILES string of the molecule is CC1CC(OC2CCCCO2)CC2CC[C@@H]3[C@@H](CC[C@]4(C)C(O)CC(C=O)[C@@H]34)[C@@]12C. The van der Waals surface area contributed by atoms with E-state index in [-0.39, 0.29) is 23.7 Å². The Morgan fingerprint density at radius 2 is 1.90 bits per heavy atom. The number of rotatable bonds is 3. The largest absolute Gasteiger partial charge is 0.393 e. The van der Waals surface area contributed by atoms with Crippen molar-refractivity contribution < 1.29 is 19.4 Å². The molecule has 0 aromatic heterocycles. The van der Waals surface area contributed by atoms with Crippen LogP contribution in [0.4, 0.5) is 0 Å². The quantitative estimate of drug-likeness (QED) is 0.519. The molecule has 1 saturated heterocycles. The van der Waals surface area contributed by atoms with Crippen molar-refractivity contribution >= 4 is 6.29 Å². The summed E-state index contributed by atoms with van der Waals surface area (Å²) in [7, 11) is 0. The number of ether oxygens (including phenoxy) is 2. The van der Waals surface area contributed by atoms with Gasteiger partial charge in [-0.15, -0.1) is 0 Å². The minimum atomic E-state index is -0.304. The number of aldehydes is 1. The number of aliphatic hydroxyl groups is 1. The molecule has 4 aliphatic carbocycles. The monoisotopic (exact) mass is 418 g/mol. The Labute approximate surface area is 182 Å². The van der Waals surface area contributed by atoms with E-state index < -0.39 is 0 Å². The molecule has 0 bridgehead atoms. The van der Waals surface area contributed by atoms with Crippen LogP contribution in [0.2, 0.25) is 0 Å². The Morgan fingerprint density at radius 1 is 1.07 bits per heavy atom. The lowest BCUT2D eigenvalue weighted by Gasteiger charge is -2.63. The Balaban J connectivity index is 1.35. The summed E-state index contributed by atoms with van der Waals surface area (Å²) < 4.78 is 12.3.